The molecular formula is C10H16ClN3O. The van der Waals surface area contributed by atoms with E-state index in [1.165, 1.54) is 12.8 Å². The number of aryl methyl sites for hydroxylation is 1. The third kappa shape index (κ3) is 2.33. The molecule has 0 aromatic carbocycles. The molecule has 2 rings (SSSR count). The van der Waals surface area contributed by atoms with Gasteiger partial charge in [-0.25, -0.2) is 0 Å². The minimum atomic E-state index is -0.967. The number of nitrogens with zero attached hydrogens (tertiary/aromatic N) is 2. The molecule has 2 N–H and O–H groups in total. The molecule has 5 heteroatoms. The van der Waals surface area contributed by atoms with Crippen molar-refractivity contribution < 1.29 is 5.11 Å². The number of rotatable bonds is 4. The molecule has 1 aliphatic rings. The molecule has 0 amide bonds. The van der Waals surface area contributed by atoms with Crippen LogP contribution in [0.4, 0.5) is 0 Å². The summed E-state index contributed by atoms with van der Waals surface area (Å²) in [6.45, 7) is 2.27. The minimum Gasteiger partial charge on any atom is -0.382 e. The second-order valence-corrected chi connectivity index (χ2v) is 4.80. The van der Waals surface area contributed by atoms with E-state index in [0.29, 0.717) is 23.3 Å². The monoisotopic (exact) mass is 229 g/mol. The molecule has 0 saturated heterocycles. The first kappa shape index (κ1) is 10.9. The maximum atomic E-state index is 10.3. The van der Waals surface area contributed by atoms with Crippen molar-refractivity contribution in [2.75, 3.05) is 6.54 Å². The van der Waals surface area contributed by atoms with Gasteiger partial charge in [-0.05, 0) is 19.8 Å². The lowest BCUT2D eigenvalue weighted by atomic mass is 10.0. The fourth-order valence-electron chi connectivity index (χ4n) is 1.73. The number of aliphatic hydroxyl groups is 1. The summed E-state index contributed by atoms with van der Waals surface area (Å²) in [6.07, 6.45) is 3.97. The number of hydrogen-bond acceptors (Lipinski definition) is 3. The first-order valence-corrected chi connectivity index (χ1v) is 5.52. The minimum absolute atomic E-state index is 0.511. The molecular weight excluding hydrogens is 214 g/mol. The lowest BCUT2D eigenvalue weighted by molar-refractivity contribution is 0.0483. The zero-order chi connectivity index (χ0) is 11.1. The first-order valence-electron chi connectivity index (χ1n) is 5.14. The Kier molecular flexibility index (Phi) is 2.75. The summed E-state index contributed by atoms with van der Waals surface area (Å²) in [6, 6.07) is 0.573. The summed E-state index contributed by atoms with van der Waals surface area (Å²) >= 11 is 5.99. The lowest BCUT2D eigenvalue weighted by Gasteiger charge is -2.24. The highest BCUT2D eigenvalue weighted by atomic mass is 35.5. The Morgan fingerprint density at radius 3 is 2.87 bits per heavy atom. The molecule has 4 nitrogen and oxygen atoms in total. The number of nitrogens with one attached hydrogen (secondary N) is 1. The standard InChI is InChI=1S/C10H16ClN3O/c1-10(15,6-12-7-3-4-7)9-8(11)5-13-14(9)2/h5,7,12,15H,3-4,6H2,1-2H3. The van der Waals surface area contributed by atoms with Gasteiger partial charge in [0.25, 0.3) is 0 Å². The Morgan fingerprint density at radius 1 is 1.73 bits per heavy atom. The molecule has 15 heavy (non-hydrogen) atoms. The molecule has 1 aromatic rings. The van der Waals surface area contributed by atoms with E-state index in [9.17, 15) is 5.11 Å². The normalized spacial score (nSPS) is 20.3. The van der Waals surface area contributed by atoms with Crippen LogP contribution in [0.5, 0.6) is 0 Å². The van der Waals surface area contributed by atoms with Crippen LogP contribution in [0.1, 0.15) is 25.5 Å². The van der Waals surface area contributed by atoms with Crippen molar-refractivity contribution >= 4 is 11.6 Å². The summed E-state index contributed by atoms with van der Waals surface area (Å²) in [4.78, 5) is 0. The maximum Gasteiger partial charge on any atom is 0.117 e. The molecule has 0 spiro atoms. The van der Waals surface area contributed by atoms with Crippen LogP contribution in [0.2, 0.25) is 5.02 Å². The molecule has 1 fully saturated rings. The van der Waals surface area contributed by atoms with E-state index in [2.05, 4.69) is 10.4 Å². The molecule has 1 atom stereocenters. The fourth-order valence-corrected chi connectivity index (χ4v) is 2.10. The average molecular weight is 230 g/mol. The zero-order valence-electron chi connectivity index (χ0n) is 9.00. The molecule has 1 saturated carbocycles. The second kappa shape index (κ2) is 3.77. The topological polar surface area (TPSA) is 50.1 Å². The third-order valence-corrected chi connectivity index (χ3v) is 2.99. The highest BCUT2D eigenvalue weighted by Gasteiger charge is 2.32. The average Bonchev–Trinajstić information content (AvgIpc) is 2.90. The van der Waals surface area contributed by atoms with Crippen molar-refractivity contribution in [3.8, 4) is 0 Å². The van der Waals surface area contributed by atoms with E-state index in [1.807, 2.05) is 0 Å². The molecule has 1 heterocycles. The quantitative estimate of drug-likeness (QED) is 0.811. The predicted molar refractivity (Wildman–Crippen MR) is 58.8 cm³/mol. The van der Waals surface area contributed by atoms with Crippen molar-refractivity contribution in [2.45, 2.75) is 31.4 Å². The molecule has 0 bridgehead atoms. The summed E-state index contributed by atoms with van der Waals surface area (Å²) in [7, 11) is 1.78. The fraction of sp³-hybridized carbons (Fsp3) is 0.700. The summed E-state index contributed by atoms with van der Waals surface area (Å²) in [5.41, 5.74) is -0.303. The van der Waals surface area contributed by atoms with E-state index < -0.39 is 5.60 Å². The molecule has 0 radical (unpaired) electrons. The molecule has 1 aliphatic carbocycles. The Labute approximate surface area is 94.2 Å². The summed E-state index contributed by atoms with van der Waals surface area (Å²) in [5.74, 6) is 0. The Hall–Kier alpha value is -0.580. The van der Waals surface area contributed by atoms with E-state index in [4.69, 9.17) is 11.6 Å². The SMILES string of the molecule is Cn1ncc(Cl)c1C(C)(O)CNC1CC1. The van der Waals surface area contributed by atoms with E-state index in [0.717, 1.165) is 0 Å². The zero-order valence-corrected chi connectivity index (χ0v) is 9.75. The van der Waals surface area contributed by atoms with Crippen LogP contribution < -0.4 is 5.32 Å². The maximum absolute atomic E-state index is 10.3. The first-order chi connectivity index (χ1) is 7.00. The van der Waals surface area contributed by atoms with Gasteiger partial charge in [0.05, 0.1) is 16.9 Å². The van der Waals surface area contributed by atoms with Gasteiger partial charge < -0.3 is 10.4 Å². The third-order valence-electron chi connectivity index (χ3n) is 2.72. The van der Waals surface area contributed by atoms with Gasteiger partial charge in [-0.15, -0.1) is 0 Å². The van der Waals surface area contributed by atoms with Crippen LogP contribution in [0, 0.1) is 0 Å². The Bertz CT molecular complexity index is 338. The van der Waals surface area contributed by atoms with Crippen LogP contribution >= 0.6 is 11.6 Å². The number of aromatic nitrogens is 2. The Morgan fingerprint density at radius 2 is 2.40 bits per heavy atom. The van der Waals surface area contributed by atoms with Gasteiger partial charge in [-0.3, -0.25) is 4.68 Å². The second-order valence-electron chi connectivity index (χ2n) is 4.39. The van der Waals surface area contributed by atoms with Gasteiger partial charge in [-0.2, -0.15) is 5.10 Å². The van der Waals surface area contributed by atoms with Crippen LogP contribution in [-0.4, -0.2) is 27.5 Å². The van der Waals surface area contributed by atoms with Crippen molar-refractivity contribution in [2.24, 2.45) is 7.05 Å². The molecule has 0 aliphatic heterocycles. The number of hydrogen-bond donors (Lipinski definition) is 2. The smallest absolute Gasteiger partial charge is 0.117 e. The highest BCUT2D eigenvalue weighted by Crippen LogP contribution is 2.28. The van der Waals surface area contributed by atoms with Crippen molar-refractivity contribution in [3.05, 3.63) is 16.9 Å². The van der Waals surface area contributed by atoms with E-state index in [1.54, 1.807) is 24.9 Å². The van der Waals surface area contributed by atoms with Crippen LogP contribution in [-0.2, 0) is 12.6 Å². The molecule has 1 aromatic heterocycles. The molecule has 84 valence electrons. The summed E-state index contributed by atoms with van der Waals surface area (Å²) < 4.78 is 1.62. The van der Waals surface area contributed by atoms with Crippen LogP contribution in [0.15, 0.2) is 6.20 Å². The lowest BCUT2D eigenvalue weighted by Crippen LogP contribution is -2.38. The van der Waals surface area contributed by atoms with Crippen LogP contribution in [0.25, 0.3) is 0 Å². The van der Waals surface area contributed by atoms with Crippen LogP contribution in [0.3, 0.4) is 0 Å². The van der Waals surface area contributed by atoms with Gasteiger partial charge in [0.2, 0.25) is 0 Å². The van der Waals surface area contributed by atoms with Crippen molar-refractivity contribution in [3.63, 3.8) is 0 Å². The van der Waals surface area contributed by atoms with Gasteiger partial charge in [0.15, 0.2) is 0 Å². The van der Waals surface area contributed by atoms with Gasteiger partial charge in [0, 0.05) is 19.6 Å². The summed E-state index contributed by atoms with van der Waals surface area (Å²) in [5, 5.41) is 18.1. The Balaban J connectivity index is 2.11. The van der Waals surface area contributed by atoms with Crippen molar-refractivity contribution in [1.29, 1.82) is 0 Å². The largest absolute Gasteiger partial charge is 0.382 e. The number of halogens is 1. The van der Waals surface area contributed by atoms with Gasteiger partial charge in [0.1, 0.15) is 5.60 Å². The van der Waals surface area contributed by atoms with E-state index in [-0.39, 0.29) is 0 Å². The van der Waals surface area contributed by atoms with Gasteiger partial charge in [-0.1, -0.05) is 11.6 Å². The molecule has 1 unspecified atom stereocenters. The highest BCUT2D eigenvalue weighted by molar-refractivity contribution is 6.31. The predicted octanol–water partition coefficient (Wildman–Crippen LogP) is 1.03. The van der Waals surface area contributed by atoms with Crippen molar-refractivity contribution in [1.82, 2.24) is 15.1 Å². The van der Waals surface area contributed by atoms with E-state index >= 15 is 0 Å². The van der Waals surface area contributed by atoms with Gasteiger partial charge >= 0.3 is 0 Å².